The van der Waals surface area contributed by atoms with Crippen molar-refractivity contribution in [3.63, 3.8) is 0 Å². The predicted molar refractivity (Wildman–Crippen MR) is 103 cm³/mol. The van der Waals surface area contributed by atoms with Gasteiger partial charge in [0.2, 0.25) is 0 Å². The maximum Gasteiger partial charge on any atom is 0.166 e. The highest BCUT2D eigenvalue weighted by Gasteiger charge is 2.12. The van der Waals surface area contributed by atoms with Gasteiger partial charge in [-0.15, -0.1) is 0 Å². The van der Waals surface area contributed by atoms with Gasteiger partial charge in [-0.2, -0.15) is 5.10 Å². The fourth-order valence-electron chi connectivity index (χ4n) is 2.72. The van der Waals surface area contributed by atoms with Crippen molar-refractivity contribution in [2.45, 2.75) is 26.3 Å². The molecule has 0 fully saturated rings. The van der Waals surface area contributed by atoms with Gasteiger partial charge in [0.25, 0.3) is 0 Å². The van der Waals surface area contributed by atoms with Crippen LogP contribution in [0.3, 0.4) is 0 Å². The smallest absolute Gasteiger partial charge is 0.166 e. The summed E-state index contributed by atoms with van der Waals surface area (Å²) in [5.41, 5.74) is 3.31. The van der Waals surface area contributed by atoms with E-state index >= 15 is 0 Å². The summed E-state index contributed by atoms with van der Waals surface area (Å²) in [5.74, 6) is 1.47. The number of aromatic nitrogens is 2. The normalized spacial score (nSPS) is 11.7. The second kappa shape index (κ2) is 8.71. The molecule has 0 saturated heterocycles. The molecule has 25 heavy (non-hydrogen) atoms. The average molecular weight is 362 g/mol. The topological polar surface area (TPSA) is 60.3 Å². The number of ether oxygens (including phenoxy) is 2. The summed E-state index contributed by atoms with van der Waals surface area (Å²) >= 11 is 5.39. The summed E-state index contributed by atoms with van der Waals surface area (Å²) in [6, 6.07) is 6.03. The molecule has 2 N–H and O–H groups in total. The van der Waals surface area contributed by atoms with E-state index in [0.29, 0.717) is 5.11 Å². The van der Waals surface area contributed by atoms with Crippen LogP contribution in [-0.4, -0.2) is 35.7 Å². The van der Waals surface area contributed by atoms with Crippen LogP contribution in [0.15, 0.2) is 24.4 Å². The van der Waals surface area contributed by atoms with Crippen molar-refractivity contribution in [3.05, 3.63) is 41.2 Å². The lowest BCUT2D eigenvalue weighted by molar-refractivity contribution is 0.354. The van der Waals surface area contributed by atoms with Crippen molar-refractivity contribution in [2.24, 2.45) is 7.05 Å². The van der Waals surface area contributed by atoms with Gasteiger partial charge in [0, 0.05) is 25.4 Å². The van der Waals surface area contributed by atoms with E-state index in [4.69, 9.17) is 21.7 Å². The lowest BCUT2D eigenvalue weighted by Crippen LogP contribution is -2.37. The number of methoxy groups -OCH3 is 2. The highest BCUT2D eigenvalue weighted by Crippen LogP contribution is 2.27. The third-order valence-corrected chi connectivity index (χ3v) is 4.27. The van der Waals surface area contributed by atoms with Crippen molar-refractivity contribution in [2.75, 3.05) is 20.8 Å². The summed E-state index contributed by atoms with van der Waals surface area (Å²) in [7, 11) is 5.19. The predicted octanol–water partition coefficient (Wildman–Crippen LogP) is 2.51. The Morgan fingerprint density at radius 3 is 2.60 bits per heavy atom. The van der Waals surface area contributed by atoms with Crippen molar-refractivity contribution >= 4 is 17.3 Å². The molecule has 0 radical (unpaired) electrons. The second-order valence-electron chi connectivity index (χ2n) is 5.90. The highest BCUT2D eigenvalue weighted by molar-refractivity contribution is 7.80. The standard InChI is InChI=1S/C18H26N4O2S/c1-12(15-11-22(3)21-13(15)2)20-18(25)19-9-8-14-6-7-16(23-4)17(10-14)24-5/h6-7,10-12H,8-9H2,1-5H3,(H2,19,20,25). The Balaban J connectivity index is 1.83. The largest absolute Gasteiger partial charge is 0.493 e. The molecule has 1 aromatic carbocycles. The molecule has 0 spiro atoms. The number of nitrogens with one attached hydrogen (secondary N) is 2. The molecule has 0 aliphatic rings. The zero-order valence-electron chi connectivity index (χ0n) is 15.4. The second-order valence-corrected chi connectivity index (χ2v) is 6.31. The van der Waals surface area contributed by atoms with Gasteiger partial charge in [-0.05, 0) is 50.2 Å². The Morgan fingerprint density at radius 2 is 2.00 bits per heavy atom. The van der Waals surface area contributed by atoms with Gasteiger partial charge >= 0.3 is 0 Å². The van der Waals surface area contributed by atoms with Gasteiger partial charge in [-0.25, -0.2) is 0 Å². The SMILES string of the molecule is COc1ccc(CCNC(=S)NC(C)c2cn(C)nc2C)cc1OC. The molecule has 2 rings (SSSR count). The molecule has 0 bridgehead atoms. The van der Waals surface area contributed by atoms with Gasteiger partial charge in [0.05, 0.1) is 26.0 Å². The molecule has 0 saturated carbocycles. The number of rotatable bonds is 7. The van der Waals surface area contributed by atoms with Crippen LogP contribution in [0.2, 0.25) is 0 Å². The van der Waals surface area contributed by atoms with Gasteiger partial charge in [0.15, 0.2) is 16.6 Å². The van der Waals surface area contributed by atoms with E-state index in [-0.39, 0.29) is 6.04 Å². The molecule has 0 aliphatic heterocycles. The van der Waals surface area contributed by atoms with E-state index in [1.807, 2.05) is 43.0 Å². The van der Waals surface area contributed by atoms with Crippen LogP contribution in [0.5, 0.6) is 11.5 Å². The summed E-state index contributed by atoms with van der Waals surface area (Å²) < 4.78 is 12.4. The fourth-order valence-corrected chi connectivity index (χ4v) is 3.00. The van der Waals surface area contributed by atoms with Gasteiger partial charge in [-0.3, -0.25) is 4.68 Å². The van der Waals surface area contributed by atoms with Gasteiger partial charge < -0.3 is 20.1 Å². The first-order valence-corrected chi connectivity index (χ1v) is 8.60. The molecule has 2 aromatic rings. The van der Waals surface area contributed by atoms with Gasteiger partial charge in [0.1, 0.15) is 0 Å². The van der Waals surface area contributed by atoms with E-state index in [1.54, 1.807) is 14.2 Å². The lowest BCUT2D eigenvalue weighted by atomic mass is 10.1. The minimum absolute atomic E-state index is 0.106. The number of benzene rings is 1. The summed E-state index contributed by atoms with van der Waals surface area (Å²) in [5, 5.41) is 11.5. The zero-order valence-corrected chi connectivity index (χ0v) is 16.2. The summed E-state index contributed by atoms with van der Waals surface area (Å²) in [4.78, 5) is 0. The Kier molecular flexibility index (Phi) is 6.64. The number of nitrogens with zero attached hydrogens (tertiary/aromatic N) is 2. The maximum absolute atomic E-state index is 5.39. The van der Waals surface area contributed by atoms with Crippen LogP contribution < -0.4 is 20.1 Å². The molecule has 1 atom stereocenters. The molecule has 1 unspecified atom stereocenters. The highest BCUT2D eigenvalue weighted by atomic mass is 32.1. The van der Waals surface area contributed by atoms with Crippen molar-refractivity contribution in [1.82, 2.24) is 20.4 Å². The van der Waals surface area contributed by atoms with Crippen molar-refractivity contribution in [3.8, 4) is 11.5 Å². The molecule has 1 aromatic heterocycles. The first-order valence-electron chi connectivity index (χ1n) is 8.20. The average Bonchev–Trinajstić information content (AvgIpc) is 2.93. The van der Waals surface area contributed by atoms with E-state index in [1.165, 1.54) is 0 Å². The zero-order chi connectivity index (χ0) is 18.4. The monoisotopic (exact) mass is 362 g/mol. The quantitative estimate of drug-likeness (QED) is 0.738. The van der Waals surface area contributed by atoms with Crippen molar-refractivity contribution in [1.29, 1.82) is 0 Å². The van der Waals surface area contributed by atoms with E-state index < -0.39 is 0 Å². The fraction of sp³-hybridized carbons (Fsp3) is 0.444. The number of thiocarbonyl (C=S) groups is 1. The van der Waals surface area contributed by atoms with Crippen LogP contribution in [0.1, 0.15) is 29.8 Å². The first-order chi connectivity index (χ1) is 11.9. The summed E-state index contributed by atoms with van der Waals surface area (Å²) in [6.07, 6.45) is 2.85. The third-order valence-electron chi connectivity index (χ3n) is 4.01. The van der Waals surface area contributed by atoms with E-state index in [2.05, 4.69) is 22.7 Å². The summed E-state index contributed by atoms with van der Waals surface area (Å²) in [6.45, 7) is 4.81. The minimum Gasteiger partial charge on any atom is -0.493 e. The van der Waals surface area contributed by atoms with Crippen LogP contribution in [0.25, 0.3) is 0 Å². The molecule has 136 valence electrons. The van der Waals surface area contributed by atoms with Gasteiger partial charge in [-0.1, -0.05) is 6.07 Å². The van der Waals surface area contributed by atoms with Crippen molar-refractivity contribution < 1.29 is 9.47 Å². The number of aryl methyl sites for hydroxylation is 2. The van der Waals surface area contributed by atoms with Crippen LogP contribution in [-0.2, 0) is 13.5 Å². The molecule has 0 aliphatic carbocycles. The lowest BCUT2D eigenvalue weighted by Gasteiger charge is -2.17. The Morgan fingerprint density at radius 1 is 1.28 bits per heavy atom. The molecule has 1 heterocycles. The number of hydrogen-bond acceptors (Lipinski definition) is 4. The molecule has 0 amide bonds. The Bertz CT molecular complexity index is 730. The Labute approximate surface area is 154 Å². The Hall–Kier alpha value is -2.28. The molecular weight excluding hydrogens is 336 g/mol. The molecular formula is C18H26N4O2S. The van der Waals surface area contributed by atoms with Crippen LogP contribution in [0.4, 0.5) is 0 Å². The maximum atomic E-state index is 5.39. The molecule has 7 heteroatoms. The minimum atomic E-state index is 0.106. The third kappa shape index (κ3) is 5.09. The van der Waals surface area contributed by atoms with E-state index in [0.717, 1.165) is 41.3 Å². The van der Waals surface area contributed by atoms with E-state index in [9.17, 15) is 0 Å². The van der Waals surface area contributed by atoms with Crippen LogP contribution >= 0.6 is 12.2 Å². The first kappa shape index (κ1) is 19.1. The molecule has 6 nitrogen and oxygen atoms in total. The van der Waals surface area contributed by atoms with Crippen LogP contribution in [0, 0.1) is 6.92 Å². The number of hydrogen-bond donors (Lipinski definition) is 2.